The number of carbonyl (C=O) groups is 1. The van der Waals surface area contributed by atoms with Gasteiger partial charge in [0.2, 0.25) is 5.90 Å². The first-order chi connectivity index (χ1) is 11.9. The van der Waals surface area contributed by atoms with E-state index < -0.39 is 5.97 Å². The first-order valence-electron chi connectivity index (χ1n) is 7.98. The molecule has 0 fully saturated rings. The normalized spacial score (nSPS) is 15.5. The number of ether oxygens (including phenoxy) is 2. The van der Waals surface area contributed by atoms with Gasteiger partial charge in [0.1, 0.15) is 5.75 Å². The van der Waals surface area contributed by atoms with Crippen LogP contribution in [0.4, 0.5) is 0 Å². The smallest absolute Gasteiger partial charge is 0.363 e. The van der Waals surface area contributed by atoms with Gasteiger partial charge in [0.25, 0.3) is 0 Å². The van der Waals surface area contributed by atoms with Crippen LogP contribution in [0.1, 0.15) is 30.5 Å². The molecule has 0 N–H and O–H groups in total. The molecule has 5 heteroatoms. The van der Waals surface area contributed by atoms with E-state index in [-0.39, 0.29) is 11.8 Å². The van der Waals surface area contributed by atoms with Crippen LogP contribution < -0.4 is 4.74 Å². The van der Waals surface area contributed by atoms with Crippen molar-refractivity contribution in [2.75, 3.05) is 0 Å². The fourth-order valence-corrected chi connectivity index (χ4v) is 2.75. The van der Waals surface area contributed by atoms with Crippen LogP contribution in [0.5, 0.6) is 5.75 Å². The molecule has 1 aliphatic rings. The lowest BCUT2D eigenvalue weighted by molar-refractivity contribution is -0.129. The van der Waals surface area contributed by atoms with Crippen molar-refractivity contribution in [1.82, 2.24) is 0 Å². The molecule has 3 rings (SSSR count). The predicted octanol–water partition coefficient (Wildman–Crippen LogP) is 4.73. The van der Waals surface area contributed by atoms with Crippen molar-refractivity contribution in [3.63, 3.8) is 0 Å². The number of nitrogens with zero attached hydrogens (tertiary/aromatic N) is 1. The molecular formula is C20H18INO3. The van der Waals surface area contributed by atoms with Crippen LogP contribution in [0, 0.1) is 10.5 Å². The lowest BCUT2D eigenvalue weighted by atomic mass is 10.1. The van der Waals surface area contributed by atoms with Crippen LogP contribution in [-0.2, 0) is 9.53 Å². The molecule has 0 saturated carbocycles. The maximum atomic E-state index is 12.1. The Hall–Kier alpha value is -2.15. The summed E-state index contributed by atoms with van der Waals surface area (Å²) in [7, 11) is 0. The molecule has 25 heavy (non-hydrogen) atoms. The highest BCUT2D eigenvalue weighted by molar-refractivity contribution is 14.1. The number of aliphatic imine (C=N–C) groups is 1. The van der Waals surface area contributed by atoms with Crippen molar-refractivity contribution in [1.29, 1.82) is 0 Å². The quantitative estimate of drug-likeness (QED) is 0.387. The largest absolute Gasteiger partial charge is 0.491 e. The lowest BCUT2D eigenvalue weighted by Crippen LogP contribution is -2.06. The molecule has 0 amide bonds. The SMILES string of the molecule is Cc1cc(C2=N/C(=C\c3cccc(OC(C)C)c3)C(=O)O2)ccc1I. The predicted molar refractivity (Wildman–Crippen MR) is 107 cm³/mol. The standard InChI is InChI=1S/C20H18INO3/c1-12(2)24-16-6-4-5-14(10-16)11-18-20(23)25-19(22-18)15-7-8-17(21)13(3)9-15/h4-12H,1-3H3/b18-11-. The van der Waals surface area contributed by atoms with Crippen LogP contribution >= 0.6 is 22.6 Å². The van der Waals surface area contributed by atoms with E-state index in [1.807, 2.05) is 63.2 Å². The maximum absolute atomic E-state index is 12.1. The van der Waals surface area contributed by atoms with E-state index in [1.165, 1.54) is 0 Å². The van der Waals surface area contributed by atoms with Crippen molar-refractivity contribution in [3.05, 3.63) is 68.4 Å². The highest BCUT2D eigenvalue weighted by atomic mass is 127. The van der Waals surface area contributed by atoms with E-state index in [0.717, 1.165) is 26.0 Å². The Morgan fingerprint density at radius 2 is 2.00 bits per heavy atom. The van der Waals surface area contributed by atoms with Gasteiger partial charge < -0.3 is 9.47 Å². The van der Waals surface area contributed by atoms with Gasteiger partial charge in [-0.25, -0.2) is 9.79 Å². The third-order valence-corrected chi connectivity index (χ3v) is 4.77. The molecule has 0 saturated heterocycles. The summed E-state index contributed by atoms with van der Waals surface area (Å²) in [6, 6.07) is 13.4. The van der Waals surface area contributed by atoms with Gasteiger partial charge in [-0.1, -0.05) is 12.1 Å². The Morgan fingerprint density at radius 3 is 2.72 bits per heavy atom. The summed E-state index contributed by atoms with van der Waals surface area (Å²) in [5, 5.41) is 0. The van der Waals surface area contributed by atoms with E-state index >= 15 is 0 Å². The van der Waals surface area contributed by atoms with Gasteiger partial charge in [0, 0.05) is 9.13 Å². The van der Waals surface area contributed by atoms with Gasteiger partial charge in [0.15, 0.2) is 5.70 Å². The van der Waals surface area contributed by atoms with Gasteiger partial charge in [-0.3, -0.25) is 0 Å². The summed E-state index contributed by atoms with van der Waals surface area (Å²) in [5.74, 6) is 0.653. The lowest BCUT2D eigenvalue weighted by Gasteiger charge is -2.09. The minimum Gasteiger partial charge on any atom is -0.491 e. The van der Waals surface area contributed by atoms with Crippen molar-refractivity contribution in [2.24, 2.45) is 4.99 Å². The van der Waals surface area contributed by atoms with E-state index in [4.69, 9.17) is 9.47 Å². The van der Waals surface area contributed by atoms with Gasteiger partial charge >= 0.3 is 5.97 Å². The Morgan fingerprint density at radius 1 is 1.20 bits per heavy atom. The summed E-state index contributed by atoms with van der Waals surface area (Å²) in [4.78, 5) is 16.5. The van der Waals surface area contributed by atoms with Gasteiger partial charge in [-0.15, -0.1) is 0 Å². The highest BCUT2D eigenvalue weighted by Crippen LogP contribution is 2.23. The summed E-state index contributed by atoms with van der Waals surface area (Å²) >= 11 is 2.27. The Balaban J connectivity index is 1.89. The molecule has 0 radical (unpaired) electrons. The van der Waals surface area contributed by atoms with E-state index in [1.54, 1.807) is 6.08 Å². The van der Waals surface area contributed by atoms with Crippen molar-refractivity contribution < 1.29 is 14.3 Å². The average molecular weight is 447 g/mol. The molecule has 128 valence electrons. The number of halogens is 1. The second-order valence-corrected chi connectivity index (χ2v) is 7.20. The first-order valence-corrected chi connectivity index (χ1v) is 9.06. The number of cyclic esters (lactones) is 1. The highest BCUT2D eigenvalue weighted by Gasteiger charge is 2.24. The second-order valence-electron chi connectivity index (χ2n) is 6.04. The topological polar surface area (TPSA) is 47.9 Å². The van der Waals surface area contributed by atoms with Gasteiger partial charge in [0.05, 0.1) is 6.10 Å². The molecule has 0 atom stereocenters. The molecular weight excluding hydrogens is 429 g/mol. The van der Waals surface area contributed by atoms with E-state index in [0.29, 0.717) is 5.90 Å². The number of aryl methyl sites for hydroxylation is 1. The minimum atomic E-state index is -0.443. The molecule has 0 unspecified atom stereocenters. The van der Waals surface area contributed by atoms with Gasteiger partial charge in [-0.05, 0) is 90.9 Å². The van der Waals surface area contributed by atoms with Crippen LogP contribution in [0.2, 0.25) is 0 Å². The van der Waals surface area contributed by atoms with E-state index in [9.17, 15) is 4.79 Å². The number of hydrogen-bond donors (Lipinski definition) is 0. The Kier molecular flexibility index (Phi) is 5.22. The molecule has 1 aliphatic heterocycles. The number of hydrogen-bond acceptors (Lipinski definition) is 4. The van der Waals surface area contributed by atoms with Crippen LogP contribution in [-0.4, -0.2) is 18.0 Å². The minimum absolute atomic E-state index is 0.0908. The zero-order valence-electron chi connectivity index (χ0n) is 14.2. The van der Waals surface area contributed by atoms with Crippen LogP contribution in [0.3, 0.4) is 0 Å². The first kappa shape index (κ1) is 17.7. The maximum Gasteiger partial charge on any atom is 0.363 e. The van der Waals surface area contributed by atoms with Crippen molar-refractivity contribution in [3.8, 4) is 5.75 Å². The number of rotatable bonds is 4. The molecule has 1 heterocycles. The fraction of sp³-hybridized carbons (Fsp3) is 0.200. The van der Waals surface area contributed by atoms with Crippen LogP contribution in [0.15, 0.2) is 53.2 Å². The number of carbonyl (C=O) groups excluding carboxylic acids is 1. The fourth-order valence-electron chi connectivity index (χ4n) is 2.42. The van der Waals surface area contributed by atoms with Gasteiger partial charge in [-0.2, -0.15) is 0 Å². The number of benzene rings is 2. The zero-order valence-corrected chi connectivity index (χ0v) is 16.4. The molecule has 0 bridgehead atoms. The Bertz CT molecular complexity index is 884. The van der Waals surface area contributed by atoms with Crippen LogP contribution in [0.25, 0.3) is 6.08 Å². The van der Waals surface area contributed by atoms with E-state index in [2.05, 4.69) is 27.6 Å². The third kappa shape index (κ3) is 4.28. The number of esters is 1. The Labute approximate surface area is 160 Å². The third-order valence-electron chi connectivity index (χ3n) is 3.56. The molecule has 2 aromatic carbocycles. The van der Waals surface area contributed by atoms with Crippen molar-refractivity contribution in [2.45, 2.75) is 26.9 Å². The average Bonchev–Trinajstić information content (AvgIpc) is 2.91. The molecule has 4 nitrogen and oxygen atoms in total. The molecule has 0 spiro atoms. The summed E-state index contributed by atoms with van der Waals surface area (Å²) in [6.45, 7) is 5.96. The molecule has 0 aliphatic carbocycles. The van der Waals surface area contributed by atoms with Crippen molar-refractivity contribution >= 4 is 40.5 Å². The summed E-state index contributed by atoms with van der Waals surface area (Å²) in [6.07, 6.45) is 1.80. The molecule has 0 aromatic heterocycles. The monoisotopic (exact) mass is 447 g/mol. The molecule has 2 aromatic rings. The summed E-state index contributed by atoms with van der Waals surface area (Å²) in [5.41, 5.74) is 3.04. The zero-order chi connectivity index (χ0) is 18.0. The summed E-state index contributed by atoms with van der Waals surface area (Å²) < 4.78 is 12.2. The second kappa shape index (κ2) is 7.39.